The molecule has 0 radical (unpaired) electrons. The van der Waals surface area contributed by atoms with Crippen molar-refractivity contribution in [2.75, 3.05) is 21.3 Å². The number of methoxy groups -OCH3 is 3. The molecule has 2 aromatic rings. The van der Waals surface area contributed by atoms with Gasteiger partial charge >= 0.3 is 0 Å². The van der Waals surface area contributed by atoms with Gasteiger partial charge < -0.3 is 18.6 Å². The van der Waals surface area contributed by atoms with Crippen LogP contribution in [0.4, 0.5) is 0 Å². The highest BCUT2D eigenvalue weighted by Crippen LogP contribution is 2.44. The number of hydrogen-bond donors (Lipinski definition) is 0. The van der Waals surface area contributed by atoms with Gasteiger partial charge in [0.05, 0.1) is 38.0 Å². The van der Waals surface area contributed by atoms with Gasteiger partial charge in [-0.25, -0.2) is 0 Å². The van der Waals surface area contributed by atoms with E-state index >= 15 is 0 Å². The fraction of sp³-hybridized carbons (Fsp3) is 0.333. The maximum absolute atomic E-state index is 5.46. The van der Waals surface area contributed by atoms with Crippen LogP contribution >= 0.6 is 15.9 Å². The summed E-state index contributed by atoms with van der Waals surface area (Å²) >= 11 is 3.68. The summed E-state index contributed by atoms with van der Waals surface area (Å²) < 4.78 is 21.5. The summed E-state index contributed by atoms with van der Waals surface area (Å²) in [5.74, 6) is 2.94. The van der Waals surface area contributed by atoms with Crippen LogP contribution in [0.15, 0.2) is 28.9 Å². The van der Waals surface area contributed by atoms with Crippen LogP contribution in [0.25, 0.3) is 0 Å². The molecule has 2 rings (SSSR count). The van der Waals surface area contributed by atoms with E-state index in [2.05, 4.69) is 15.9 Å². The second-order valence-electron chi connectivity index (χ2n) is 4.30. The molecule has 20 heavy (non-hydrogen) atoms. The van der Waals surface area contributed by atoms with Crippen molar-refractivity contribution < 1.29 is 18.6 Å². The van der Waals surface area contributed by atoms with Crippen molar-refractivity contribution in [1.29, 1.82) is 0 Å². The molecule has 1 atom stereocenters. The molecule has 0 aliphatic carbocycles. The lowest BCUT2D eigenvalue weighted by atomic mass is 10.0. The number of aryl methyl sites for hydroxylation is 1. The van der Waals surface area contributed by atoms with E-state index in [1.165, 1.54) is 0 Å². The van der Waals surface area contributed by atoms with E-state index in [0.717, 1.165) is 16.9 Å². The van der Waals surface area contributed by atoms with Crippen molar-refractivity contribution in [2.45, 2.75) is 11.8 Å². The van der Waals surface area contributed by atoms with Crippen LogP contribution in [0.1, 0.15) is 21.7 Å². The normalized spacial score (nSPS) is 12.1. The zero-order chi connectivity index (χ0) is 14.7. The molecule has 1 aromatic carbocycles. The number of benzene rings is 1. The molecule has 0 saturated carbocycles. The van der Waals surface area contributed by atoms with Crippen LogP contribution in [0.5, 0.6) is 17.2 Å². The lowest BCUT2D eigenvalue weighted by Gasteiger charge is -2.18. The first-order valence-corrected chi connectivity index (χ1v) is 7.01. The molecular weight excluding hydrogens is 324 g/mol. The Balaban J connectivity index is 2.53. The first-order chi connectivity index (χ1) is 9.60. The first-order valence-electron chi connectivity index (χ1n) is 6.09. The van der Waals surface area contributed by atoms with Crippen LogP contribution in [-0.2, 0) is 0 Å². The van der Waals surface area contributed by atoms with Gasteiger partial charge in [0.25, 0.3) is 0 Å². The van der Waals surface area contributed by atoms with Gasteiger partial charge in [-0.3, -0.25) is 0 Å². The minimum absolute atomic E-state index is 0.0873. The SMILES string of the molecule is COc1cc(OC)c(C(Br)c2coc(C)c2)c(OC)c1. The Hall–Kier alpha value is -1.62. The molecular formula is C15H17BrO4. The predicted molar refractivity (Wildman–Crippen MR) is 80.3 cm³/mol. The van der Waals surface area contributed by atoms with Gasteiger partial charge in [-0.15, -0.1) is 0 Å². The molecule has 0 fully saturated rings. The van der Waals surface area contributed by atoms with Gasteiger partial charge in [-0.2, -0.15) is 0 Å². The van der Waals surface area contributed by atoms with E-state index in [9.17, 15) is 0 Å². The minimum atomic E-state index is -0.0873. The van der Waals surface area contributed by atoms with E-state index in [4.69, 9.17) is 18.6 Å². The zero-order valence-electron chi connectivity index (χ0n) is 11.9. The molecule has 0 bridgehead atoms. The van der Waals surface area contributed by atoms with Gasteiger partial charge in [0, 0.05) is 17.7 Å². The van der Waals surface area contributed by atoms with Gasteiger partial charge in [0.1, 0.15) is 23.0 Å². The first kappa shape index (κ1) is 14.8. The lowest BCUT2D eigenvalue weighted by Crippen LogP contribution is -2.01. The number of hydrogen-bond acceptors (Lipinski definition) is 4. The second-order valence-corrected chi connectivity index (χ2v) is 5.21. The highest BCUT2D eigenvalue weighted by molar-refractivity contribution is 9.09. The molecule has 0 aliphatic heterocycles. The van der Waals surface area contributed by atoms with Crippen LogP contribution in [-0.4, -0.2) is 21.3 Å². The summed E-state index contributed by atoms with van der Waals surface area (Å²) in [6, 6.07) is 5.64. The molecule has 0 spiro atoms. The third-order valence-corrected chi connectivity index (χ3v) is 4.04. The quantitative estimate of drug-likeness (QED) is 0.768. The summed E-state index contributed by atoms with van der Waals surface area (Å²) in [4.78, 5) is -0.0873. The number of furan rings is 1. The van der Waals surface area contributed by atoms with Gasteiger partial charge in [0.15, 0.2) is 0 Å². The summed E-state index contributed by atoms with van der Waals surface area (Å²) in [5, 5.41) is 0. The molecule has 1 unspecified atom stereocenters. The van der Waals surface area contributed by atoms with E-state index in [0.29, 0.717) is 17.2 Å². The maximum atomic E-state index is 5.46. The Kier molecular flexibility index (Phi) is 4.60. The summed E-state index contributed by atoms with van der Waals surface area (Å²) in [6.07, 6.45) is 1.72. The van der Waals surface area contributed by atoms with Gasteiger partial charge in [-0.05, 0) is 13.0 Å². The topological polar surface area (TPSA) is 40.8 Å². The molecule has 4 nitrogen and oxygen atoms in total. The van der Waals surface area contributed by atoms with E-state index in [1.807, 2.05) is 25.1 Å². The molecule has 5 heteroatoms. The number of rotatable bonds is 5. The minimum Gasteiger partial charge on any atom is -0.496 e. The van der Waals surface area contributed by atoms with Crippen LogP contribution in [0, 0.1) is 6.92 Å². The van der Waals surface area contributed by atoms with Crippen LogP contribution < -0.4 is 14.2 Å². The molecule has 1 aromatic heterocycles. The molecule has 1 heterocycles. The number of alkyl halides is 1. The van der Waals surface area contributed by atoms with E-state index < -0.39 is 0 Å². The average molecular weight is 341 g/mol. The Labute approximate surface area is 126 Å². The van der Waals surface area contributed by atoms with Gasteiger partial charge in [0.2, 0.25) is 0 Å². The van der Waals surface area contributed by atoms with Crippen molar-refractivity contribution in [3.8, 4) is 17.2 Å². The van der Waals surface area contributed by atoms with Crippen molar-refractivity contribution in [2.24, 2.45) is 0 Å². The fourth-order valence-electron chi connectivity index (χ4n) is 2.05. The molecule has 0 amide bonds. The summed E-state index contributed by atoms with van der Waals surface area (Å²) in [5.41, 5.74) is 1.90. The third kappa shape index (κ3) is 2.77. The fourth-order valence-corrected chi connectivity index (χ4v) is 2.74. The Morgan fingerprint density at radius 1 is 1.00 bits per heavy atom. The molecule has 0 aliphatic rings. The molecule has 0 saturated heterocycles. The highest BCUT2D eigenvalue weighted by atomic mass is 79.9. The Morgan fingerprint density at radius 3 is 2.00 bits per heavy atom. The lowest BCUT2D eigenvalue weighted by molar-refractivity contribution is 0.369. The summed E-state index contributed by atoms with van der Waals surface area (Å²) in [6.45, 7) is 1.91. The van der Waals surface area contributed by atoms with E-state index in [-0.39, 0.29) is 4.83 Å². The maximum Gasteiger partial charge on any atom is 0.130 e. The van der Waals surface area contributed by atoms with Crippen molar-refractivity contribution in [3.05, 3.63) is 41.3 Å². The van der Waals surface area contributed by atoms with Crippen LogP contribution in [0.3, 0.4) is 0 Å². The van der Waals surface area contributed by atoms with E-state index in [1.54, 1.807) is 27.6 Å². The summed E-state index contributed by atoms with van der Waals surface area (Å²) in [7, 11) is 4.86. The predicted octanol–water partition coefficient (Wildman–Crippen LogP) is 4.10. The molecule has 108 valence electrons. The second kappa shape index (κ2) is 6.22. The highest BCUT2D eigenvalue weighted by Gasteiger charge is 2.23. The monoisotopic (exact) mass is 340 g/mol. The van der Waals surface area contributed by atoms with Gasteiger partial charge in [-0.1, -0.05) is 15.9 Å². The number of halogens is 1. The standard InChI is InChI=1S/C15H17BrO4/c1-9-5-10(8-20-9)15(16)14-12(18-3)6-11(17-2)7-13(14)19-4/h5-8,15H,1-4H3. The average Bonchev–Trinajstić information content (AvgIpc) is 2.91. The molecule has 0 N–H and O–H groups in total. The smallest absolute Gasteiger partial charge is 0.130 e. The van der Waals surface area contributed by atoms with Crippen molar-refractivity contribution in [1.82, 2.24) is 0 Å². The Morgan fingerprint density at radius 2 is 1.60 bits per heavy atom. The van der Waals surface area contributed by atoms with Crippen molar-refractivity contribution in [3.63, 3.8) is 0 Å². The number of ether oxygens (including phenoxy) is 3. The zero-order valence-corrected chi connectivity index (χ0v) is 13.5. The Bertz CT molecular complexity index is 566. The third-order valence-electron chi connectivity index (χ3n) is 3.05. The van der Waals surface area contributed by atoms with Crippen molar-refractivity contribution >= 4 is 15.9 Å². The van der Waals surface area contributed by atoms with Crippen LogP contribution in [0.2, 0.25) is 0 Å². The largest absolute Gasteiger partial charge is 0.496 e.